The van der Waals surface area contributed by atoms with Crippen LogP contribution < -0.4 is 20.3 Å². The average Bonchev–Trinajstić information content (AvgIpc) is 2.71. The predicted octanol–water partition coefficient (Wildman–Crippen LogP) is 1.45. The fourth-order valence-corrected chi connectivity index (χ4v) is 2.58. The van der Waals surface area contributed by atoms with Crippen LogP contribution in [0.4, 0.5) is 0 Å². The second-order valence-corrected chi connectivity index (χ2v) is 6.23. The van der Waals surface area contributed by atoms with E-state index < -0.39 is 30.5 Å². The third-order valence-corrected chi connectivity index (χ3v) is 4.29. The van der Waals surface area contributed by atoms with Crippen LogP contribution >= 0.6 is 0 Å². The van der Waals surface area contributed by atoms with Gasteiger partial charge in [-0.1, -0.05) is 24.3 Å². The lowest BCUT2D eigenvalue weighted by Crippen LogP contribution is -2.51. The van der Waals surface area contributed by atoms with E-state index in [1.807, 2.05) is 13.0 Å². The summed E-state index contributed by atoms with van der Waals surface area (Å²) in [5.41, 5.74) is 6.54. The number of hydrogen-bond acceptors (Lipinski definition) is 6. The molecule has 8 nitrogen and oxygen atoms in total. The molecule has 1 aliphatic heterocycles. The van der Waals surface area contributed by atoms with Gasteiger partial charge in [-0.25, -0.2) is 4.79 Å². The summed E-state index contributed by atoms with van der Waals surface area (Å²) in [4.78, 5) is 36.1. The molecule has 2 N–H and O–H groups in total. The standard InChI is InChI=1S/C20H20N2O6/c1-12-6-5-7-14(13(12)2)20(25)27-11-18(23)21-22-19(24)17-10-26-15-8-3-4-9-16(15)28-17/h3-9,17H,10-11H2,1-2H3,(H,21,23)(H,22,24)/t17-/m0/s1. The van der Waals surface area contributed by atoms with Gasteiger partial charge in [-0.05, 0) is 43.2 Å². The van der Waals surface area contributed by atoms with Crippen LogP contribution in [0.5, 0.6) is 11.5 Å². The number of hydrazine groups is 1. The van der Waals surface area contributed by atoms with E-state index in [0.29, 0.717) is 17.1 Å². The molecule has 0 spiro atoms. The predicted molar refractivity (Wildman–Crippen MR) is 98.8 cm³/mol. The minimum atomic E-state index is -0.910. The fraction of sp³-hybridized carbons (Fsp3) is 0.250. The minimum Gasteiger partial charge on any atom is -0.485 e. The number of carbonyl (C=O) groups is 3. The summed E-state index contributed by atoms with van der Waals surface area (Å²) in [6, 6.07) is 12.2. The van der Waals surface area contributed by atoms with Crippen LogP contribution in [0.3, 0.4) is 0 Å². The zero-order valence-corrected chi connectivity index (χ0v) is 15.5. The molecule has 2 aromatic carbocycles. The normalized spacial score (nSPS) is 14.7. The van der Waals surface area contributed by atoms with Gasteiger partial charge in [0, 0.05) is 0 Å². The quantitative estimate of drug-likeness (QED) is 0.611. The summed E-state index contributed by atoms with van der Waals surface area (Å²) >= 11 is 0. The number of benzene rings is 2. The van der Waals surface area contributed by atoms with Gasteiger partial charge in [0.15, 0.2) is 18.1 Å². The Bertz CT molecular complexity index is 911. The molecule has 0 unspecified atom stereocenters. The Kier molecular flexibility index (Phi) is 5.78. The van der Waals surface area contributed by atoms with E-state index in [9.17, 15) is 14.4 Å². The van der Waals surface area contributed by atoms with E-state index in [0.717, 1.165) is 11.1 Å². The van der Waals surface area contributed by atoms with Crippen molar-refractivity contribution in [3.8, 4) is 11.5 Å². The molecule has 3 rings (SSSR count). The lowest BCUT2D eigenvalue weighted by Gasteiger charge is -2.25. The molecule has 0 aliphatic carbocycles. The second kappa shape index (κ2) is 8.43. The third-order valence-electron chi connectivity index (χ3n) is 4.29. The Labute approximate surface area is 161 Å². The van der Waals surface area contributed by atoms with Gasteiger partial charge in [-0.15, -0.1) is 0 Å². The molecule has 0 saturated carbocycles. The number of amides is 2. The number of ether oxygens (including phenoxy) is 3. The van der Waals surface area contributed by atoms with E-state index >= 15 is 0 Å². The highest BCUT2D eigenvalue weighted by Crippen LogP contribution is 2.30. The first-order valence-corrected chi connectivity index (χ1v) is 8.66. The lowest BCUT2D eigenvalue weighted by molar-refractivity contribution is -0.135. The second-order valence-electron chi connectivity index (χ2n) is 6.23. The topological polar surface area (TPSA) is 103 Å². The van der Waals surface area contributed by atoms with Crippen LogP contribution in [0.2, 0.25) is 0 Å². The van der Waals surface area contributed by atoms with Crippen molar-refractivity contribution in [3.63, 3.8) is 0 Å². The molecule has 28 heavy (non-hydrogen) atoms. The van der Waals surface area contributed by atoms with Crippen LogP contribution in [0.25, 0.3) is 0 Å². The van der Waals surface area contributed by atoms with Crippen LogP contribution in [0, 0.1) is 13.8 Å². The first kappa shape index (κ1) is 19.2. The maximum atomic E-state index is 12.1. The minimum absolute atomic E-state index is 0.0142. The van der Waals surface area contributed by atoms with Crippen molar-refractivity contribution in [1.29, 1.82) is 0 Å². The fourth-order valence-electron chi connectivity index (χ4n) is 2.58. The van der Waals surface area contributed by atoms with Gasteiger partial charge in [0.05, 0.1) is 5.56 Å². The number of fused-ring (bicyclic) bond motifs is 1. The Balaban J connectivity index is 1.45. The van der Waals surface area contributed by atoms with Gasteiger partial charge < -0.3 is 14.2 Å². The van der Waals surface area contributed by atoms with E-state index in [4.69, 9.17) is 14.2 Å². The first-order valence-electron chi connectivity index (χ1n) is 8.66. The van der Waals surface area contributed by atoms with E-state index in [1.54, 1.807) is 43.3 Å². The molecule has 0 saturated heterocycles. The summed E-state index contributed by atoms with van der Waals surface area (Å²) in [5, 5.41) is 0. The smallest absolute Gasteiger partial charge is 0.338 e. The molecular formula is C20H20N2O6. The van der Waals surface area contributed by atoms with E-state index in [2.05, 4.69) is 10.9 Å². The van der Waals surface area contributed by atoms with Gasteiger partial charge in [-0.2, -0.15) is 0 Å². The van der Waals surface area contributed by atoms with Gasteiger partial charge in [-0.3, -0.25) is 20.4 Å². The van der Waals surface area contributed by atoms with Crippen LogP contribution in [-0.4, -0.2) is 37.1 Å². The number of esters is 1. The SMILES string of the molecule is Cc1cccc(C(=O)OCC(=O)NNC(=O)[C@@H]2COc3ccccc3O2)c1C. The Morgan fingerprint density at radius 3 is 2.57 bits per heavy atom. The van der Waals surface area contributed by atoms with Crippen LogP contribution in [0.15, 0.2) is 42.5 Å². The number of nitrogens with one attached hydrogen (secondary N) is 2. The number of rotatable bonds is 4. The molecule has 1 atom stereocenters. The van der Waals surface area contributed by atoms with Crippen molar-refractivity contribution in [1.82, 2.24) is 10.9 Å². The number of para-hydroxylation sites is 2. The van der Waals surface area contributed by atoms with Crippen molar-refractivity contribution in [2.24, 2.45) is 0 Å². The Morgan fingerprint density at radius 1 is 1.04 bits per heavy atom. The van der Waals surface area contributed by atoms with Crippen molar-refractivity contribution >= 4 is 17.8 Å². The van der Waals surface area contributed by atoms with E-state index in [-0.39, 0.29) is 6.61 Å². The highest BCUT2D eigenvalue weighted by molar-refractivity contribution is 5.93. The largest absolute Gasteiger partial charge is 0.485 e. The lowest BCUT2D eigenvalue weighted by atomic mass is 10.0. The van der Waals surface area contributed by atoms with Gasteiger partial charge in [0.2, 0.25) is 6.10 Å². The zero-order chi connectivity index (χ0) is 20.1. The van der Waals surface area contributed by atoms with Crippen molar-refractivity contribution < 1.29 is 28.6 Å². The monoisotopic (exact) mass is 384 g/mol. The number of carbonyl (C=O) groups excluding carboxylic acids is 3. The van der Waals surface area contributed by atoms with E-state index in [1.165, 1.54) is 0 Å². The molecular weight excluding hydrogens is 364 g/mol. The van der Waals surface area contributed by atoms with Crippen molar-refractivity contribution in [2.75, 3.05) is 13.2 Å². The highest BCUT2D eigenvalue weighted by Gasteiger charge is 2.27. The summed E-state index contributed by atoms with van der Waals surface area (Å²) in [5.74, 6) is -0.868. The highest BCUT2D eigenvalue weighted by atomic mass is 16.6. The molecule has 1 aliphatic rings. The number of hydrogen-bond donors (Lipinski definition) is 2. The van der Waals surface area contributed by atoms with Crippen LogP contribution in [-0.2, 0) is 14.3 Å². The van der Waals surface area contributed by atoms with Gasteiger partial charge in [0.1, 0.15) is 6.61 Å². The maximum absolute atomic E-state index is 12.1. The summed E-state index contributed by atoms with van der Waals surface area (Å²) in [6.45, 7) is 3.16. The molecule has 0 radical (unpaired) electrons. The van der Waals surface area contributed by atoms with Gasteiger partial charge >= 0.3 is 5.97 Å². The Hall–Kier alpha value is -3.55. The first-order chi connectivity index (χ1) is 13.5. The number of aryl methyl sites for hydroxylation is 1. The summed E-state index contributed by atoms with van der Waals surface area (Å²) in [7, 11) is 0. The molecule has 2 aromatic rings. The molecule has 146 valence electrons. The molecule has 2 amide bonds. The zero-order valence-electron chi connectivity index (χ0n) is 15.5. The summed E-state index contributed by atoms with van der Waals surface area (Å²) < 4.78 is 16.0. The Morgan fingerprint density at radius 2 is 1.79 bits per heavy atom. The molecule has 0 aromatic heterocycles. The van der Waals surface area contributed by atoms with Crippen molar-refractivity contribution in [2.45, 2.75) is 20.0 Å². The molecule has 0 fully saturated rings. The van der Waals surface area contributed by atoms with Crippen LogP contribution in [0.1, 0.15) is 21.5 Å². The average molecular weight is 384 g/mol. The molecule has 1 heterocycles. The molecule has 0 bridgehead atoms. The molecule has 8 heteroatoms. The summed E-state index contributed by atoms with van der Waals surface area (Å²) in [6.07, 6.45) is -0.910. The van der Waals surface area contributed by atoms with Crippen molar-refractivity contribution in [3.05, 3.63) is 59.2 Å². The maximum Gasteiger partial charge on any atom is 0.338 e. The third kappa shape index (κ3) is 4.40. The van der Waals surface area contributed by atoms with Gasteiger partial charge in [0.25, 0.3) is 11.8 Å².